The lowest BCUT2D eigenvalue weighted by Gasteiger charge is -2.16. The molecule has 1 aromatic heterocycles. The van der Waals surface area contributed by atoms with Gasteiger partial charge >= 0.3 is 0 Å². The van der Waals surface area contributed by atoms with Gasteiger partial charge in [0.05, 0.1) is 0 Å². The first-order chi connectivity index (χ1) is 8.72. The van der Waals surface area contributed by atoms with E-state index in [4.69, 9.17) is 5.73 Å². The Morgan fingerprint density at radius 1 is 1.00 bits per heavy atom. The first-order valence-corrected chi connectivity index (χ1v) is 6.46. The fraction of sp³-hybridized carbons (Fsp3) is 0.333. The van der Waals surface area contributed by atoms with Crippen LogP contribution in [0.25, 0.3) is 11.4 Å². The average molecular weight is 239 g/mol. The van der Waals surface area contributed by atoms with Gasteiger partial charge in [-0.15, -0.1) is 0 Å². The summed E-state index contributed by atoms with van der Waals surface area (Å²) >= 11 is 0. The highest BCUT2D eigenvalue weighted by molar-refractivity contribution is 5.59. The Morgan fingerprint density at radius 2 is 1.78 bits per heavy atom. The van der Waals surface area contributed by atoms with Gasteiger partial charge in [0.15, 0.2) is 5.82 Å². The van der Waals surface area contributed by atoms with Crippen LogP contribution >= 0.6 is 0 Å². The van der Waals surface area contributed by atoms with Crippen LogP contribution in [0, 0.1) is 6.92 Å². The molecule has 0 radical (unpaired) electrons. The Morgan fingerprint density at radius 3 is 2.56 bits per heavy atom. The van der Waals surface area contributed by atoms with Crippen molar-refractivity contribution in [3.8, 4) is 11.4 Å². The minimum Gasteiger partial charge on any atom is -0.384 e. The molecule has 0 spiro atoms. The zero-order valence-corrected chi connectivity index (χ0v) is 10.6. The highest BCUT2D eigenvalue weighted by Gasteiger charge is 2.11. The molecule has 2 aromatic rings. The number of hydrogen-bond acceptors (Lipinski definition) is 3. The summed E-state index contributed by atoms with van der Waals surface area (Å²) in [7, 11) is 0. The Balaban J connectivity index is 2.06. The van der Waals surface area contributed by atoms with Gasteiger partial charge in [0.1, 0.15) is 5.82 Å². The van der Waals surface area contributed by atoms with Gasteiger partial charge in [-0.05, 0) is 49.8 Å². The largest absolute Gasteiger partial charge is 0.384 e. The fourth-order valence-electron chi connectivity index (χ4n) is 2.59. The second kappa shape index (κ2) is 4.41. The summed E-state index contributed by atoms with van der Waals surface area (Å²) in [4.78, 5) is 8.78. The van der Waals surface area contributed by atoms with Crippen LogP contribution in [0.15, 0.2) is 24.3 Å². The monoisotopic (exact) mass is 239 g/mol. The lowest BCUT2D eigenvalue weighted by Crippen LogP contribution is -2.03. The van der Waals surface area contributed by atoms with Gasteiger partial charge in [0.25, 0.3) is 0 Å². The SMILES string of the molecule is Cc1cc(N)nc(-c2ccc3c(c2)CCCC3)n1. The van der Waals surface area contributed by atoms with E-state index in [2.05, 4.69) is 28.2 Å². The quantitative estimate of drug-likeness (QED) is 0.832. The summed E-state index contributed by atoms with van der Waals surface area (Å²) in [6.07, 6.45) is 4.96. The first kappa shape index (κ1) is 11.2. The van der Waals surface area contributed by atoms with Crippen molar-refractivity contribution in [2.45, 2.75) is 32.6 Å². The molecule has 1 aromatic carbocycles. The predicted octanol–water partition coefficient (Wildman–Crippen LogP) is 2.91. The van der Waals surface area contributed by atoms with Crippen LogP contribution in [0.5, 0.6) is 0 Å². The number of nitrogen functional groups attached to an aromatic ring is 1. The number of fused-ring (bicyclic) bond motifs is 1. The van der Waals surface area contributed by atoms with Gasteiger partial charge < -0.3 is 5.73 Å². The van der Waals surface area contributed by atoms with Gasteiger partial charge in [0.2, 0.25) is 0 Å². The molecule has 3 rings (SSSR count). The number of nitrogens with two attached hydrogens (primary N) is 1. The molecule has 0 amide bonds. The lowest BCUT2D eigenvalue weighted by molar-refractivity contribution is 0.686. The highest BCUT2D eigenvalue weighted by Crippen LogP contribution is 2.26. The van der Waals surface area contributed by atoms with Crippen molar-refractivity contribution in [2.75, 3.05) is 5.73 Å². The van der Waals surface area contributed by atoms with Crippen molar-refractivity contribution in [1.29, 1.82) is 0 Å². The molecule has 3 nitrogen and oxygen atoms in total. The molecule has 18 heavy (non-hydrogen) atoms. The Kier molecular flexibility index (Phi) is 2.74. The van der Waals surface area contributed by atoms with Crippen molar-refractivity contribution in [3.05, 3.63) is 41.1 Å². The summed E-state index contributed by atoms with van der Waals surface area (Å²) in [6.45, 7) is 1.94. The number of rotatable bonds is 1. The Bertz CT molecular complexity index is 570. The summed E-state index contributed by atoms with van der Waals surface area (Å²) in [5.41, 5.74) is 10.7. The smallest absolute Gasteiger partial charge is 0.161 e. The van der Waals surface area contributed by atoms with Crippen LogP contribution in [-0.4, -0.2) is 9.97 Å². The second-order valence-corrected chi connectivity index (χ2v) is 4.95. The molecule has 0 unspecified atom stereocenters. The van der Waals surface area contributed by atoms with Gasteiger partial charge in [-0.25, -0.2) is 9.97 Å². The molecule has 0 saturated heterocycles. The fourth-order valence-corrected chi connectivity index (χ4v) is 2.59. The van der Waals surface area contributed by atoms with E-state index >= 15 is 0 Å². The topological polar surface area (TPSA) is 51.8 Å². The van der Waals surface area contributed by atoms with Crippen molar-refractivity contribution in [2.24, 2.45) is 0 Å². The van der Waals surface area contributed by atoms with Crippen LogP contribution in [0.3, 0.4) is 0 Å². The molecule has 1 aliphatic rings. The van der Waals surface area contributed by atoms with Crippen molar-refractivity contribution < 1.29 is 0 Å². The Labute approximate surface area is 107 Å². The third-order valence-electron chi connectivity index (χ3n) is 3.48. The van der Waals surface area contributed by atoms with E-state index in [1.54, 1.807) is 6.07 Å². The maximum Gasteiger partial charge on any atom is 0.161 e. The van der Waals surface area contributed by atoms with Crippen molar-refractivity contribution in [1.82, 2.24) is 9.97 Å². The zero-order chi connectivity index (χ0) is 12.5. The average Bonchev–Trinajstić information content (AvgIpc) is 2.37. The van der Waals surface area contributed by atoms with Crippen LogP contribution in [0.1, 0.15) is 29.7 Å². The van der Waals surface area contributed by atoms with Gasteiger partial charge in [-0.2, -0.15) is 0 Å². The van der Waals surface area contributed by atoms with E-state index in [-0.39, 0.29) is 0 Å². The molecule has 1 heterocycles. The zero-order valence-electron chi connectivity index (χ0n) is 10.6. The number of benzene rings is 1. The molecule has 0 saturated carbocycles. The van der Waals surface area contributed by atoms with E-state index in [1.165, 1.54) is 36.8 Å². The standard InChI is InChI=1S/C15H17N3/c1-10-8-14(16)18-15(17-10)13-7-6-11-4-2-3-5-12(11)9-13/h6-9H,2-5H2,1H3,(H2,16,17,18). The molecule has 0 atom stereocenters. The van der Waals surface area contributed by atoms with E-state index in [0.717, 1.165) is 17.1 Å². The molecule has 2 N–H and O–H groups in total. The number of nitrogens with zero attached hydrogens (tertiary/aromatic N) is 2. The van der Waals surface area contributed by atoms with Gasteiger partial charge in [-0.3, -0.25) is 0 Å². The van der Waals surface area contributed by atoms with Crippen molar-refractivity contribution >= 4 is 5.82 Å². The maximum absolute atomic E-state index is 5.78. The molecule has 1 aliphatic carbocycles. The van der Waals surface area contributed by atoms with E-state index in [9.17, 15) is 0 Å². The molecule has 0 fully saturated rings. The molecular weight excluding hydrogens is 222 g/mol. The number of aryl methyl sites for hydroxylation is 3. The van der Waals surface area contributed by atoms with Gasteiger partial charge in [0, 0.05) is 17.3 Å². The maximum atomic E-state index is 5.78. The second-order valence-electron chi connectivity index (χ2n) is 4.95. The molecule has 0 bridgehead atoms. The van der Waals surface area contributed by atoms with E-state index in [0.29, 0.717) is 5.82 Å². The van der Waals surface area contributed by atoms with Gasteiger partial charge in [-0.1, -0.05) is 12.1 Å². The van der Waals surface area contributed by atoms with Crippen LogP contribution in [0.4, 0.5) is 5.82 Å². The van der Waals surface area contributed by atoms with Crippen LogP contribution < -0.4 is 5.73 Å². The number of hydrogen-bond donors (Lipinski definition) is 1. The predicted molar refractivity (Wildman–Crippen MR) is 73.3 cm³/mol. The molecule has 3 heteroatoms. The normalized spacial score (nSPS) is 14.3. The highest BCUT2D eigenvalue weighted by atomic mass is 14.9. The van der Waals surface area contributed by atoms with Crippen LogP contribution in [-0.2, 0) is 12.8 Å². The third kappa shape index (κ3) is 2.08. The lowest BCUT2D eigenvalue weighted by atomic mass is 9.90. The molecule has 0 aliphatic heterocycles. The molecule has 92 valence electrons. The summed E-state index contributed by atoms with van der Waals surface area (Å²) < 4.78 is 0. The number of aromatic nitrogens is 2. The van der Waals surface area contributed by atoms with Crippen LogP contribution in [0.2, 0.25) is 0 Å². The third-order valence-corrected chi connectivity index (χ3v) is 3.48. The minimum absolute atomic E-state index is 0.537. The molecular formula is C15H17N3. The van der Waals surface area contributed by atoms with Crippen molar-refractivity contribution in [3.63, 3.8) is 0 Å². The minimum atomic E-state index is 0.537. The first-order valence-electron chi connectivity index (χ1n) is 6.46. The summed E-state index contributed by atoms with van der Waals surface area (Å²) in [5.74, 6) is 1.27. The summed E-state index contributed by atoms with van der Waals surface area (Å²) in [5, 5.41) is 0. The summed E-state index contributed by atoms with van der Waals surface area (Å²) in [6, 6.07) is 8.34. The van der Waals surface area contributed by atoms with E-state index < -0.39 is 0 Å². The Hall–Kier alpha value is -1.90. The number of anilines is 1. The van der Waals surface area contributed by atoms with E-state index in [1.807, 2.05) is 6.92 Å².